The maximum Gasteiger partial charge on any atom is 0.124 e. The number of aromatic nitrogens is 2. The molecule has 0 N–H and O–H groups in total. The van der Waals surface area contributed by atoms with E-state index >= 15 is 0 Å². The summed E-state index contributed by atoms with van der Waals surface area (Å²) in [6, 6.07) is 17.8. The summed E-state index contributed by atoms with van der Waals surface area (Å²) in [4.78, 5) is 7.54. The van der Waals surface area contributed by atoms with Gasteiger partial charge in [0.25, 0.3) is 0 Å². The van der Waals surface area contributed by atoms with Crippen LogP contribution in [-0.2, 0) is 13.1 Å². The highest BCUT2D eigenvalue weighted by Gasteiger charge is 2.28. The van der Waals surface area contributed by atoms with Crippen molar-refractivity contribution >= 4 is 22.6 Å². The van der Waals surface area contributed by atoms with Crippen LogP contribution in [0, 0.1) is 0 Å². The Morgan fingerprint density at radius 2 is 1.64 bits per heavy atom. The lowest BCUT2D eigenvalue weighted by molar-refractivity contribution is 0.198. The highest BCUT2D eigenvalue weighted by molar-refractivity contribution is 6.30. The zero-order valence-corrected chi connectivity index (χ0v) is 15.6. The van der Waals surface area contributed by atoms with E-state index in [0.29, 0.717) is 12.1 Å². The summed E-state index contributed by atoms with van der Waals surface area (Å²) in [5.74, 6) is 1.15. The van der Waals surface area contributed by atoms with Crippen LogP contribution in [0.5, 0.6) is 0 Å². The topological polar surface area (TPSA) is 21.1 Å². The van der Waals surface area contributed by atoms with E-state index in [-0.39, 0.29) is 0 Å². The first-order valence-electron chi connectivity index (χ1n) is 9.06. The molecule has 1 saturated heterocycles. The normalized spacial score (nSPS) is 21.2. The lowest BCUT2D eigenvalue weighted by atomic mass is 10.2. The van der Waals surface area contributed by atoms with Gasteiger partial charge in [0, 0.05) is 23.7 Å². The summed E-state index contributed by atoms with van der Waals surface area (Å²) in [6.45, 7) is 6.39. The number of halogens is 1. The van der Waals surface area contributed by atoms with Crippen molar-refractivity contribution in [3.8, 4) is 0 Å². The van der Waals surface area contributed by atoms with Gasteiger partial charge in [-0.25, -0.2) is 4.98 Å². The van der Waals surface area contributed by atoms with Gasteiger partial charge in [-0.2, -0.15) is 0 Å². The first kappa shape index (κ1) is 16.6. The van der Waals surface area contributed by atoms with Gasteiger partial charge in [0.2, 0.25) is 0 Å². The number of nitrogens with zero attached hydrogens (tertiary/aromatic N) is 3. The van der Waals surface area contributed by atoms with E-state index in [1.807, 2.05) is 12.1 Å². The van der Waals surface area contributed by atoms with Crippen LogP contribution in [0.4, 0.5) is 0 Å². The molecule has 2 aromatic carbocycles. The van der Waals surface area contributed by atoms with Crippen LogP contribution in [0.15, 0.2) is 48.5 Å². The van der Waals surface area contributed by atoms with Gasteiger partial charge in [-0.1, -0.05) is 35.9 Å². The molecule has 1 aliphatic heterocycles. The minimum atomic E-state index is 0.624. The molecule has 3 nitrogen and oxygen atoms in total. The number of hydrogen-bond donors (Lipinski definition) is 0. The van der Waals surface area contributed by atoms with Crippen molar-refractivity contribution in [2.75, 3.05) is 0 Å². The summed E-state index contributed by atoms with van der Waals surface area (Å²) < 4.78 is 2.36. The summed E-state index contributed by atoms with van der Waals surface area (Å²) >= 11 is 6.04. The summed E-state index contributed by atoms with van der Waals surface area (Å²) in [5.41, 5.74) is 3.52. The van der Waals surface area contributed by atoms with Gasteiger partial charge in [-0.15, -0.1) is 0 Å². The van der Waals surface area contributed by atoms with E-state index in [4.69, 9.17) is 16.6 Å². The molecule has 0 saturated carbocycles. The molecule has 1 aromatic heterocycles. The van der Waals surface area contributed by atoms with E-state index in [9.17, 15) is 0 Å². The molecule has 2 unspecified atom stereocenters. The third-order valence-corrected chi connectivity index (χ3v) is 5.70. The zero-order valence-electron chi connectivity index (χ0n) is 14.8. The molecule has 4 heteroatoms. The Balaban J connectivity index is 1.71. The van der Waals surface area contributed by atoms with Crippen molar-refractivity contribution in [1.82, 2.24) is 14.5 Å². The Morgan fingerprint density at radius 3 is 2.36 bits per heavy atom. The average molecular weight is 354 g/mol. The minimum absolute atomic E-state index is 0.624. The summed E-state index contributed by atoms with van der Waals surface area (Å²) in [6.07, 6.45) is 2.55. The molecular formula is C21H24ClN3. The SMILES string of the molecule is CC1CCC(C)N1Cc1nc2ccccc2n1Cc1ccc(Cl)cc1. The highest BCUT2D eigenvalue weighted by atomic mass is 35.5. The van der Waals surface area contributed by atoms with Crippen LogP contribution in [0.1, 0.15) is 38.1 Å². The van der Waals surface area contributed by atoms with Gasteiger partial charge in [0.05, 0.1) is 17.6 Å². The average Bonchev–Trinajstić information content (AvgIpc) is 3.12. The Hall–Kier alpha value is -1.84. The third-order valence-electron chi connectivity index (χ3n) is 5.45. The van der Waals surface area contributed by atoms with Crippen LogP contribution >= 0.6 is 11.6 Å². The molecule has 25 heavy (non-hydrogen) atoms. The molecule has 3 aromatic rings. The Bertz CT molecular complexity index is 858. The fraction of sp³-hybridized carbons (Fsp3) is 0.381. The molecule has 4 rings (SSSR count). The molecule has 0 amide bonds. The number of benzene rings is 2. The Kier molecular flexibility index (Phi) is 4.53. The predicted octanol–water partition coefficient (Wildman–Crippen LogP) is 5.11. The standard InChI is InChI=1S/C21H24ClN3/c1-15-7-8-16(2)24(15)14-21-23-19-5-3-4-6-20(19)25(21)13-17-9-11-18(22)12-10-17/h3-6,9-12,15-16H,7-8,13-14H2,1-2H3. The van der Waals surface area contributed by atoms with Gasteiger partial charge >= 0.3 is 0 Å². The van der Waals surface area contributed by atoms with Crippen LogP contribution in [0.2, 0.25) is 5.02 Å². The number of hydrogen-bond acceptors (Lipinski definition) is 2. The molecule has 130 valence electrons. The predicted molar refractivity (Wildman–Crippen MR) is 104 cm³/mol. The number of fused-ring (bicyclic) bond motifs is 1. The number of rotatable bonds is 4. The van der Waals surface area contributed by atoms with Gasteiger partial charge in [-0.3, -0.25) is 4.90 Å². The first-order valence-corrected chi connectivity index (χ1v) is 9.44. The monoisotopic (exact) mass is 353 g/mol. The van der Waals surface area contributed by atoms with Crippen LogP contribution in [-0.4, -0.2) is 26.5 Å². The highest BCUT2D eigenvalue weighted by Crippen LogP contribution is 2.27. The molecule has 0 radical (unpaired) electrons. The molecule has 1 fully saturated rings. The minimum Gasteiger partial charge on any atom is -0.322 e. The van der Waals surface area contributed by atoms with Crippen molar-refractivity contribution in [1.29, 1.82) is 0 Å². The van der Waals surface area contributed by atoms with E-state index in [1.54, 1.807) is 0 Å². The molecule has 1 aliphatic rings. The van der Waals surface area contributed by atoms with Crippen LogP contribution < -0.4 is 0 Å². The third kappa shape index (κ3) is 3.31. The first-order chi connectivity index (χ1) is 12.1. The van der Waals surface area contributed by atoms with Crippen molar-refractivity contribution in [2.45, 2.75) is 51.9 Å². The fourth-order valence-electron chi connectivity index (χ4n) is 3.92. The van der Waals surface area contributed by atoms with Gasteiger partial charge in [-0.05, 0) is 56.5 Å². The maximum absolute atomic E-state index is 6.04. The van der Waals surface area contributed by atoms with E-state index < -0.39 is 0 Å². The maximum atomic E-state index is 6.04. The number of likely N-dealkylation sites (tertiary alicyclic amines) is 1. The van der Waals surface area contributed by atoms with Crippen LogP contribution in [0.25, 0.3) is 11.0 Å². The molecule has 0 bridgehead atoms. The van der Waals surface area contributed by atoms with E-state index in [0.717, 1.165) is 29.5 Å². The second-order valence-corrected chi connectivity index (χ2v) is 7.61. The Labute approximate surface area is 154 Å². The quantitative estimate of drug-likeness (QED) is 0.649. The van der Waals surface area contributed by atoms with Crippen molar-refractivity contribution < 1.29 is 0 Å². The van der Waals surface area contributed by atoms with Crippen molar-refractivity contribution in [2.24, 2.45) is 0 Å². The second kappa shape index (κ2) is 6.81. The van der Waals surface area contributed by atoms with Crippen LogP contribution in [0.3, 0.4) is 0 Å². The molecule has 0 aliphatic carbocycles. The number of para-hydroxylation sites is 2. The van der Waals surface area contributed by atoms with Gasteiger partial charge < -0.3 is 4.57 Å². The molecular weight excluding hydrogens is 330 g/mol. The Morgan fingerprint density at radius 1 is 0.960 bits per heavy atom. The van der Waals surface area contributed by atoms with Crippen molar-refractivity contribution in [3.05, 3.63) is 64.9 Å². The summed E-state index contributed by atoms with van der Waals surface area (Å²) in [5, 5.41) is 0.777. The smallest absolute Gasteiger partial charge is 0.124 e. The van der Waals surface area contributed by atoms with Gasteiger partial charge in [0.1, 0.15) is 5.82 Å². The number of imidazole rings is 1. The molecule has 2 heterocycles. The summed E-state index contributed by atoms with van der Waals surface area (Å²) in [7, 11) is 0. The largest absolute Gasteiger partial charge is 0.322 e. The molecule has 2 atom stereocenters. The fourth-order valence-corrected chi connectivity index (χ4v) is 4.04. The van der Waals surface area contributed by atoms with Gasteiger partial charge in [0.15, 0.2) is 0 Å². The second-order valence-electron chi connectivity index (χ2n) is 7.18. The molecule has 0 spiro atoms. The lowest BCUT2D eigenvalue weighted by Crippen LogP contribution is -2.33. The van der Waals surface area contributed by atoms with E-state index in [1.165, 1.54) is 23.9 Å². The van der Waals surface area contributed by atoms with E-state index in [2.05, 4.69) is 59.7 Å². The zero-order chi connectivity index (χ0) is 17.4. The van der Waals surface area contributed by atoms with Crippen molar-refractivity contribution in [3.63, 3.8) is 0 Å². The lowest BCUT2D eigenvalue weighted by Gasteiger charge is -2.25.